The smallest absolute Gasteiger partial charge is 0.328 e. The van der Waals surface area contributed by atoms with Crippen LogP contribution in [0.15, 0.2) is 65.6 Å². The summed E-state index contributed by atoms with van der Waals surface area (Å²) in [5.41, 5.74) is -3.89. The number of aromatic nitrogens is 1. The standard InChI is InChI=1S/C19H11F6NO/c20-18(21,22)15-7-3-1-5-12(15)11-9-14(17(27)26-10-11)13-6-2-4-8-16(13)19(23,24)25/h1-10H,(H,26,27). The lowest BCUT2D eigenvalue weighted by atomic mass is 9.95. The zero-order valence-corrected chi connectivity index (χ0v) is 13.4. The highest BCUT2D eigenvalue weighted by molar-refractivity contribution is 5.75. The first kappa shape index (κ1) is 18.8. The number of hydrogen-bond acceptors (Lipinski definition) is 1. The SMILES string of the molecule is O=c1[nH]cc(-c2ccccc2C(F)(F)F)cc1-c1ccccc1C(F)(F)F. The maximum absolute atomic E-state index is 13.2. The van der Waals surface area contributed by atoms with E-state index in [0.717, 1.165) is 30.5 Å². The first-order valence-corrected chi connectivity index (χ1v) is 7.65. The molecule has 0 radical (unpaired) electrons. The fourth-order valence-electron chi connectivity index (χ4n) is 2.79. The van der Waals surface area contributed by atoms with Crippen LogP contribution in [0.25, 0.3) is 22.3 Å². The third-order valence-corrected chi connectivity index (χ3v) is 3.97. The number of hydrogen-bond donors (Lipinski definition) is 1. The van der Waals surface area contributed by atoms with Crippen molar-refractivity contribution in [3.05, 3.63) is 82.3 Å². The van der Waals surface area contributed by atoms with E-state index in [9.17, 15) is 31.1 Å². The summed E-state index contributed by atoms with van der Waals surface area (Å²) in [6.07, 6.45) is -8.33. The molecule has 0 aliphatic rings. The molecule has 0 spiro atoms. The topological polar surface area (TPSA) is 32.9 Å². The minimum absolute atomic E-state index is 0.0468. The van der Waals surface area contributed by atoms with Gasteiger partial charge >= 0.3 is 12.4 Å². The van der Waals surface area contributed by atoms with Gasteiger partial charge in [0.05, 0.1) is 11.1 Å². The van der Waals surface area contributed by atoms with Crippen LogP contribution in [0.5, 0.6) is 0 Å². The zero-order valence-electron chi connectivity index (χ0n) is 13.4. The molecule has 3 rings (SSSR count). The van der Waals surface area contributed by atoms with Crippen molar-refractivity contribution in [1.82, 2.24) is 4.98 Å². The highest BCUT2D eigenvalue weighted by Crippen LogP contribution is 2.39. The molecule has 0 amide bonds. The number of benzene rings is 2. The molecule has 3 aromatic rings. The van der Waals surface area contributed by atoms with Crippen LogP contribution in [0.4, 0.5) is 26.3 Å². The van der Waals surface area contributed by atoms with Crippen LogP contribution in [-0.4, -0.2) is 4.98 Å². The van der Waals surface area contributed by atoms with E-state index in [4.69, 9.17) is 0 Å². The molecule has 0 saturated heterocycles. The summed E-state index contributed by atoms with van der Waals surface area (Å²) in [4.78, 5) is 14.4. The van der Waals surface area contributed by atoms with Crippen LogP contribution >= 0.6 is 0 Å². The van der Waals surface area contributed by atoms with E-state index in [0.29, 0.717) is 0 Å². The van der Waals surface area contributed by atoms with Gasteiger partial charge in [0.25, 0.3) is 5.56 Å². The molecule has 1 aromatic heterocycles. The Morgan fingerprint density at radius 1 is 0.667 bits per heavy atom. The second-order valence-corrected chi connectivity index (χ2v) is 5.72. The van der Waals surface area contributed by atoms with Gasteiger partial charge in [-0.25, -0.2) is 0 Å². The summed E-state index contributed by atoms with van der Waals surface area (Å²) in [6, 6.07) is 10.1. The van der Waals surface area contributed by atoms with Crippen molar-refractivity contribution >= 4 is 0 Å². The van der Waals surface area contributed by atoms with Crippen molar-refractivity contribution in [3.63, 3.8) is 0 Å². The van der Waals surface area contributed by atoms with Gasteiger partial charge in [-0.15, -0.1) is 0 Å². The number of pyridine rings is 1. The Balaban J connectivity index is 2.24. The molecule has 0 bridgehead atoms. The van der Waals surface area contributed by atoms with Crippen molar-refractivity contribution in [2.75, 3.05) is 0 Å². The monoisotopic (exact) mass is 383 g/mol. The lowest BCUT2D eigenvalue weighted by molar-refractivity contribution is -0.137. The van der Waals surface area contributed by atoms with E-state index in [1.807, 2.05) is 0 Å². The van der Waals surface area contributed by atoms with E-state index >= 15 is 0 Å². The Hall–Kier alpha value is -3.03. The summed E-state index contributed by atoms with van der Waals surface area (Å²) < 4.78 is 79.5. The Morgan fingerprint density at radius 2 is 1.15 bits per heavy atom. The molecule has 0 unspecified atom stereocenters. The van der Waals surface area contributed by atoms with Gasteiger partial charge in [0.2, 0.25) is 0 Å². The molecule has 0 atom stereocenters. The van der Waals surface area contributed by atoms with Gasteiger partial charge in [-0.05, 0) is 34.9 Å². The van der Waals surface area contributed by atoms with Crippen molar-refractivity contribution < 1.29 is 26.3 Å². The predicted molar refractivity (Wildman–Crippen MR) is 87.9 cm³/mol. The van der Waals surface area contributed by atoms with Crippen LogP contribution in [0.2, 0.25) is 0 Å². The van der Waals surface area contributed by atoms with Gasteiger partial charge in [0.1, 0.15) is 0 Å². The molecule has 0 aliphatic heterocycles. The van der Waals surface area contributed by atoms with Gasteiger partial charge in [-0.3, -0.25) is 4.79 Å². The molecule has 2 nitrogen and oxygen atoms in total. The number of halogens is 6. The number of alkyl halides is 6. The Labute approximate surface area is 149 Å². The number of H-pyrrole nitrogens is 1. The summed E-state index contributed by atoms with van der Waals surface area (Å²) in [6.45, 7) is 0. The minimum atomic E-state index is -4.72. The molecule has 2 aromatic carbocycles. The Bertz CT molecular complexity index is 1030. The molecular weight excluding hydrogens is 372 g/mol. The molecule has 8 heteroatoms. The maximum Gasteiger partial charge on any atom is 0.417 e. The van der Waals surface area contributed by atoms with Crippen molar-refractivity contribution in [2.24, 2.45) is 0 Å². The average molecular weight is 383 g/mol. The van der Waals surface area contributed by atoms with Gasteiger partial charge in [-0.1, -0.05) is 36.4 Å². The van der Waals surface area contributed by atoms with Crippen LogP contribution in [0.1, 0.15) is 11.1 Å². The Morgan fingerprint density at radius 3 is 1.70 bits per heavy atom. The van der Waals surface area contributed by atoms with Crippen molar-refractivity contribution in [2.45, 2.75) is 12.4 Å². The van der Waals surface area contributed by atoms with Crippen molar-refractivity contribution in [1.29, 1.82) is 0 Å². The molecule has 1 N–H and O–H groups in total. The van der Waals surface area contributed by atoms with Gasteiger partial charge in [-0.2, -0.15) is 26.3 Å². The first-order valence-electron chi connectivity index (χ1n) is 7.65. The van der Waals surface area contributed by atoms with Gasteiger partial charge in [0, 0.05) is 11.8 Å². The fourth-order valence-corrected chi connectivity index (χ4v) is 2.79. The average Bonchev–Trinajstić information content (AvgIpc) is 2.61. The second kappa shape index (κ2) is 6.61. The van der Waals surface area contributed by atoms with E-state index in [-0.39, 0.29) is 16.7 Å². The van der Waals surface area contributed by atoms with Crippen LogP contribution < -0.4 is 5.56 Å². The fraction of sp³-hybridized carbons (Fsp3) is 0.105. The van der Waals surface area contributed by atoms with Gasteiger partial charge in [0.15, 0.2) is 0 Å². The van der Waals surface area contributed by atoms with Gasteiger partial charge < -0.3 is 4.98 Å². The summed E-state index contributed by atoms with van der Waals surface area (Å²) in [5.74, 6) is 0. The minimum Gasteiger partial charge on any atom is -0.328 e. The highest BCUT2D eigenvalue weighted by Gasteiger charge is 2.35. The number of rotatable bonds is 2. The third-order valence-electron chi connectivity index (χ3n) is 3.97. The second-order valence-electron chi connectivity index (χ2n) is 5.72. The molecule has 140 valence electrons. The summed E-state index contributed by atoms with van der Waals surface area (Å²) in [7, 11) is 0. The van der Waals surface area contributed by atoms with Crippen molar-refractivity contribution in [3.8, 4) is 22.3 Å². The molecular formula is C19H11F6NO. The predicted octanol–water partition coefficient (Wildman–Crippen LogP) is 5.75. The first-order chi connectivity index (χ1) is 12.6. The number of aromatic amines is 1. The summed E-state index contributed by atoms with van der Waals surface area (Å²) in [5, 5.41) is 0. The molecule has 0 aliphatic carbocycles. The van der Waals surface area contributed by atoms with Crippen LogP contribution in [0.3, 0.4) is 0 Å². The van der Waals surface area contributed by atoms with E-state index in [2.05, 4.69) is 4.98 Å². The normalized spacial score (nSPS) is 12.2. The zero-order chi connectivity index (χ0) is 19.8. The van der Waals surface area contributed by atoms with E-state index in [1.165, 1.54) is 30.3 Å². The largest absolute Gasteiger partial charge is 0.417 e. The molecule has 27 heavy (non-hydrogen) atoms. The third kappa shape index (κ3) is 3.74. The molecule has 1 heterocycles. The van der Waals surface area contributed by atoms with E-state index in [1.54, 1.807) is 0 Å². The van der Waals surface area contributed by atoms with E-state index < -0.39 is 34.6 Å². The lowest BCUT2D eigenvalue weighted by Crippen LogP contribution is -2.14. The van der Waals surface area contributed by atoms with Crippen LogP contribution in [-0.2, 0) is 12.4 Å². The Kier molecular flexibility index (Phi) is 4.59. The summed E-state index contributed by atoms with van der Waals surface area (Å²) >= 11 is 0. The quantitative estimate of drug-likeness (QED) is 0.562. The highest BCUT2D eigenvalue weighted by atomic mass is 19.4. The molecule has 0 fully saturated rings. The lowest BCUT2D eigenvalue weighted by Gasteiger charge is -2.15. The van der Waals surface area contributed by atoms with Crippen LogP contribution in [0, 0.1) is 0 Å². The molecule has 0 saturated carbocycles. The number of nitrogens with one attached hydrogen (secondary N) is 1. The maximum atomic E-state index is 13.2.